The molecule has 4 rings (SSSR count). The van der Waals surface area contributed by atoms with Crippen molar-refractivity contribution in [3.8, 4) is 6.07 Å². The second-order valence-corrected chi connectivity index (χ2v) is 8.54. The molecule has 2 heterocycles. The number of nitriles is 1. The van der Waals surface area contributed by atoms with E-state index in [2.05, 4.69) is 38.5 Å². The topological polar surface area (TPSA) is 84.3 Å². The van der Waals surface area contributed by atoms with Crippen LogP contribution in [-0.2, 0) is 11.2 Å². The van der Waals surface area contributed by atoms with Gasteiger partial charge in [0.05, 0.1) is 23.5 Å². The number of aromatic nitrogens is 1. The van der Waals surface area contributed by atoms with Crippen molar-refractivity contribution in [3.63, 3.8) is 0 Å². The zero-order valence-corrected chi connectivity index (χ0v) is 19.4. The summed E-state index contributed by atoms with van der Waals surface area (Å²) in [5, 5.41) is 15.3. The second-order valence-electron chi connectivity index (χ2n) is 8.54. The lowest BCUT2D eigenvalue weighted by Gasteiger charge is -2.33. The van der Waals surface area contributed by atoms with Gasteiger partial charge in [-0.1, -0.05) is 42.5 Å². The third-order valence-electron chi connectivity index (χ3n) is 6.11. The van der Waals surface area contributed by atoms with Gasteiger partial charge in [-0.2, -0.15) is 5.26 Å². The SMILES string of the molecule is CN1CCN(c2ccc(NC(=O)[C@H](NCCc3ccc(C#N)cc3)c3ccccc3)nc2)CC1. The molecule has 34 heavy (non-hydrogen) atoms. The lowest BCUT2D eigenvalue weighted by atomic mass is 10.1. The zero-order chi connectivity index (χ0) is 23.8. The highest BCUT2D eigenvalue weighted by atomic mass is 16.2. The van der Waals surface area contributed by atoms with Crippen molar-refractivity contribution >= 4 is 17.4 Å². The molecule has 2 aromatic carbocycles. The van der Waals surface area contributed by atoms with Gasteiger partial charge in [-0.25, -0.2) is 4.98 Å². The summed E-state index contributed by atoms with van der Waals surface area (Å²) in [5.74, 6) is 0.392. The summed E-state index contributed by atoms with van der Waals surface area (Å²) < 4.78 is 0. The number of pyridine rings is 1. The van der Waals surface area contributed by atoms with Crippen molar-refractivity contribution in [2.45, 2.75) is 12.5 Å². The normalized spacial score (nSPS) is 14.9. The lowest BCUT2D eigenvalue weighted by molar-refractivity contribution is -0.118. The maximum Gasteiger partial charge on any atom is 0.247 e. The van der Waals surface area contributed by atoms with E-state index in [1.807, 2.05) is 72.9 Å². The third-order valence-corrected chi connectivity index (χ3v) is 6.11. The van der Waals surface area contributed by atoms with E-state index in [1.165, 1.54) is 0 Å². The number of hydrogen-bond donors (Lipinski definition) is 2. The van der Waals surface area contributed by atoms with E-state index in [0.717, 1.165) is 49.4 Å². The predicted octanol–water partition coefficient (Wildman–Crippen LogP) is 3.22. The monoisotopic (exact) mass is 454 g/mol. The molecule has 0 unspecified atom stereocenters. The first-order valence-corrected chi connectivity index (χ1v) is 11.6. The van der Waals surface area contributed by atoms with Gasteiger partial charge in [-0.15, -0.1) is 0 Å². The van der Waals surface area contributed by atoms with Crippen molar-refractivity contribution < 1.29 is 4.79 Å². The summed E-state index contributed by atoms with van der Waals surface area (Å²) in [6, 6.07) is 22.7. The van der Waals surface area contributed by atoms with E-state index < -0.39 is 6.04 Å². The summed E-state index contributed by atoms with van der Waals surface area (Å²) in [5.41, 5.74) is 3.73. The Hall–Kier alpha value is -3.73. The molecule has 1 aromatic heterocycles. The van der Waals surface area contributed by atoms with E-state index in [0.29, 0.717) is 17.9 Å². The van der Waals surface area contributed by atoms with Crippen LogP contribution < -0.4 is 15.5 Å². The highest BCUT2D eigenvalue weighted by Crippen LogP contribution is 2.19. The number of amides is 1. The highest BCUT2D eigenvalue weighted by molar-refractivity contribution is 5.94. The minimum Gasteiger partial charge on any atom is -0.368 e. The van der Waals surface area contributed by atoms with E-state index in [-0.39, 0.29) is 5.91 Å². The Morgan fingerprint density at radius 3 is 2.41 bits per heavy atom. The maximum absolute atomic E-state index is 13.2. The molecule has 3 aromatic rings. The van der Waals surface area contributed by atoms with Gasteiger partial charge in [0.2, 0.25) is 5.91 Å². The fourth-order valence-corrected chi connectivity index (χ4v) is 4.02. The first-order valence-electron chi connectivity index (χ1n) is 11.6. The summed E-state index contributed by atoms with van der Waals surface area (Å²) in [4.78, 5) is 22.3. The maximum atomic E-state index is 13.2. The molecule has 174 valence electrons. The van der Waals surface area contributed by atoms with Gasteiger partial charge < -0.3 is 20.4 Å². The van der Waals surface area contributed by atoms with Crippen LogP contribution in [0.1, 0.15) is 22.7 Å². The Balaban J connectivity index is 1.38. The number of anilines is 2. The molecule has 1 fully saturated rings. The number of nitrogens with one attached hydrogen (secondary N) is 2. The Labute approximate surface area is 201 Å². The molecule has 1 amide bonds. The second kappa shape index (κ2) is 11.4. The standard InChI is InChI=1S/C27H30N6O/c1-32-15-17-33(18-16-32)24-11-12-25(30-20-24)31-27(34)26(23-5-3-2-4-6-23)29-14-13-21-7-9-22(19-28)10-8-21/h2-12,20,26,29H,13-18H2,1H3,(H,30,31,34)/t26-/m1/s1. The number of nitrogens with zero attached hydrogens (tertiary/aromatic N) is 4. The van der Waals surface area contributed by atoms with Gasteiger partial charge >= 0.3 is 0 Å². The number of carbonyl (C=O) groups excluding carboxylic acids is 1. The summed E-state index contributed by atoms with van der Waals surface area (Å²) in [7, 11) is 2.13. The molecule has 1 atom stereocenters. The van der Waals surface area contributed by atoms with Gasteiger partial charge in [0.15, 0.2) is 0 Å². The molecule has 1 saturated heterocycles. The fourth-order valence-electron chi connectivity index (χ4n) is 4.02. The van der Waals surface area contributed by atoms with E-state index in [9.17, 15) is 4.79 Å². The number of carbonyl (C=O) groups is 1. The number of likely N-dealkylation sites (N-methyl/N-ethyl adjacent to an activating group) is 1. The first-order chi connectivity index (χ1) is 16.6. The van der Waals surface area contributed by atoms with Crippen LogP contribution in [0.4, 0.5) is 11.5 Å². The minimum atomic E-state index is -0.501. The Morgan fingerprint density at radius 1 is 1.03 bits per heavy atom. The summed E-state index contributed by atoms with van der Waals surface area (Å²) >= 11 is 0. The van der Waals surface area contributed by atoms with Crippen LogP contribution in [0.5, 0.6) is 0 Å². The van der Waals surface area contributed by atoms with Gasteiger partial charge in [-0.3, -0.25) is 4.79 Å². The Morgan fingerprint density at radius 2 is 1.76 bits per heavy atom. The lowest BCUT2D eigenvalue weighted by Crippen LogP contribution is -2.44. The van der Waals surface area contributed by atoms with Crippen LogP contribution >= 0.6 is 0 Å². The van der Waals surface area contributed by atoms with Crippen molar-refractivity contribution in [2.75, 3.05) is 50.0 Å². The molecule has 1 aliphatic rings. The molecular formula is C27H30N6O. The zero-order valence-electron chi connectivity index (χ0n) is 19.4. The molecule has 0 radical (unpaired) electrons. The smallest absolute Gasteiger partial charge is 0.247 e. The highest BCUT2D eigenvalue weighted by Gasteiger charge is 2.21. The minimum absolute atomic E-state index is 0.147. The van der Waals surface area contributed by atoms with Gasteiger partial charge in [0.25, 0.3) is 0 Å². The van der Waals surface area contributed by atoms with Crippen LogP contribution in [0.2, 0.25) is 0 Å². The molecule has 0 saturated carbocycles. The van der Waals surface area contributed by atoms with Crippen LogP contribution in [0, 0.1) is 11.3 Å². The van der Waals surface area contributed by atoms with E-state index in [4.69, 9.17) is 5.26 Å². The first kappa shape index (κ1) is 23.4. The summed E-state index contributed by atoms with van der Waals surface area (Å²) in [6.45, 7) is 4.64. The van der Waals surface area contributed by atoms with E-state index in [1.54, 1.807) is 0 Å². The summed E-state index contributed by atoms with van der Waals surface area (Å²) in [6.07, 6.45) is 2.58. The molecule has 0 spiro atoms. The molecular weight excluding hydrogens is 424 g/mol. The third kappa shape index (κ3) is 6.19. The fraction of sp³-hybridized carbons (Fsp3) is 0.296. The quantitative estimate of drug-likeness (QED) is 0.544. The van der Waals surface area contributed by atoms with Gasteiger partial charge in [0.1, 0.15) is 11.9 Å². The molecule has 7 nitrogen and oxygen atoms in total. The molecule has 2 N–H and O–H groups in total. The predicted molar refractivity (Wildman–Crippen MR) is 135 cm³/mol. The van der Waals surface area contributed by atoms with Crippen LogP contribution in [0.3, 0.4) is 0 Å². The Bertz CT molecular complexity index is 1100. The number of piperazine rings is 1. The van der Waals surface area contributed by atoms with Crippen LogP contribution in [0.15, 0.2) is 72.9 Å². The molecule has 1 aliphatic heterocycles. The molecule has 0 aliphatic carbocycles. The number of hydrogen-bond acceptors (Lipinski definition) is 6. The van der Waals surface area contributed by atoms with Crippen molar-refractivity contribution in [3.05, 3.63) is 89.6 Å². The molecule has 0 bridgehead atoms. The van der Waals surface area contributed by atoms with Crippen LogP contribution in [0.25, 0.3) is 0 Å². The van der Waals surface area contributed by atoms with Crippen molar-refractivity contribution in [1.82, 2.24) is 15.2 Å². The average Bonchev–Trinajstić information content (AvgIpc) is 2.88. The van der Waals surface area contributed by atoms with Gasteiger partial charge in [-0.05, 0) is 48.9 Å². The van der Waals surface area contributed by atoms with E-state index >= 15 is 0 Å². The largest absolute Gasteiger partial charge is 0.368 e. The van der Waals surface area contributed by atoms with Gasteiger partial charge in [0, 0.05) is 32.7 Å². The molecule has 7 heteroatoms. The Kier molecular flexibility index (Phi) is 7.87. The number of benzene rings is 2. The average molecular weight is 455 g/mol. The number of rotatable bonds is 8. The van der Waals surface area contributed by atoms with Crippen molar-refractivity contribution in [1.29, 1.82) is 5.26 Å². The van der Waals surface area contributed by atoms with Crippen molar-refractivity contribution in [2.24, 2.45) is 0 Å². The van der Waals surface area contributed by atoms with Crippen LogP contribution in [-0.4, -0.2) is 55.6 Å².